The van der Waals surface area contributed by atoms with Gasteiger partial charge in [0, 0.05) is 12.7 Å². The molecule has 0 saturated carbocycles. The highest BCUT2D eigenvalue weighted by molar-refractivity contribution is 6.05. The second-order valence-electron chi connectivity index (χ2n) is 4.69. The summed E-state index contributed by atoms with van der Waals surface area (Å²) in [6, 6.07) is 1.92. The van der Waals surface area contributed by atoms with Crippen molar-refractivity contribution in [3.05, 3.63) is 18.0 Å². The van der Waals surface area contributed by atoms with Crippen LogP contribution in [0.2, 0.25) is 0 Å². The minimum atomic E-state index is -1.08. The zero-order chi connectivity index (χ0) is 13.4. The molecule has 3 heterocycles. The molecule has 2 aromatic heterocycles. The average molecular weight is 261 g/mol. The molecule has 1 aliphatic heterocycles. The fourth-order valence-electron chi connectivity index (χ4n) is 2.58. The Morgan fingerprint density at radius 1 is 1.58 bits per heavy atom. The van der Waals surface area contributed by atoms with Gasteiger partial charge in [-0.05, 0) is 25.5 Å². The van der Waals surface area contributed by atoms with Gasteiger partial charge in [0.25, 0.3) is 0 Å². The van der Waals surface area contributed by atoms with Crippen LogP contribution < -0.4 is 11.1 Å². The van der Waals surface area contributed by atoms with Crippen LogP contribution in [-0.2, 0) is 0 Å². The van der Waals surface area contributed by atoms with Crippen LogP contribution in [0, 0.1) is 0 Å². The quantitative estimate of drug-likeness (QED) is 0.732. The van der Waals surface area contributed by atoms with Crippen molar-refractivity contribution in [2.24, 2.45) is 0 Å². The van der Waals surface area contributed by atoms with Crippen molar-refractivity contribution in [2.45, 2.75) is 18.9 Å². The number of aromatic nitrogens is 3. The van der Waals surface area contributed by atoms with E-state index in [0.717, 1.165) is 31.4 Å². The van der Waals surface area contributed by atoms with Gasteiger partial charge in [-0.15, -0.1) is 0 Å². The zero-order valence-electron chi connectivity index (χ0n) is 10.3. The fourth-order valence-corrected chi connectivity index (χ4v) is 2.58. The summed E-state index contributed by atoms with van der Waals surface area (Å²) in [6.07, 6.45) is 3.61. The SMILES string of the molecule is Nc1nccc2c1c(C(=O)O)nn2C1CCCNC1. The Kier molecular flexibility index (Phi) is 2.83. The average Bonchev–Trinajstić information content (AvgIpc) is 2.81. The molecule has 19 heavy (non-hydrogen) atoms. The number of carbonyl (C=O) groups is 1. The van der Waals surface area contributed by atoms with Gasteiger partial charge in [-0.1, -0.05) is 0 Å². The smallest absolute Gasteiger partial charge is 0.357 e. The maximum atomic E-state index is 11.3. The van der Waals surface area contributed by atoms with E-state index in [2.05, 4.69) is 15.4 Å². The predicted molar refractivity (Wildman–Crippen MR) is 70.0 cm³/mol. The highest BCUT2D eigenvalue weighted by Gasteiger charge is 2.24. The van der Waals surface area contributed by atoms with E-state index in [9.17, 15) is 9.90 Å². The summed E-state index contributed by atoms with van der Waals surface area (Å²) in [6.45, 7) is 1.78. The third-order valence-electron chi connectivity index (χ3n) is 3.47. The van der Waals surface area contributed by atoms with E-state index in [-0.39, 0.29) is 17.6 Å². The van der Waals surface area contributed by atoms with E-state index in [1.807, 2.05) is 0 Å². The molecule has 4 N–H and O–H groups in total. The molecule has 7 nitrogen and oxygen atoms in total. The van der Waals surface area contributed by atoms with Crippen LogP contribution in [0.25, 0.3) is 10.9 Å². The second-order valence-corrected chi connectivity index (χ2v) is 4.69. The van der Waals surface area contributed by atoms with Gasteiger partial charge in [0.1, 0.15) is 5.82 Å². The number of carboxylic acids is 1. The van der Waals surface area contributed by atoms with Crippen molar-refractivity contribution in [3.8, 4) is 0 Å². The highest BCUT2D eigenvalue weighted by Crippen LogP contribution is 2.27. The number of pyridine rings is 1. The fraction of sp³-hybridized carbons (Fsp3) is 0.417. The number of nitrogens with zero attached hydrogens (tertiary/aromatic N) is 3. The molecule has 0 spiro atoms. The molecule has 0 aliphatic carbocycles. The molecule has 0 aromatic carbocycles. The third kappa shape index (κ3) is 1.91. The summed E-state index contributed by atoms with van der Waals surface area (Å²) in [7, 11) is 0. The van der Waals surface area contributed by atoms with Crippen LogP contribution in [-0.4, -0.2) is 38.9 Å². The minimum Gasteiger partial charge on any atom is -0.476 e. The molecule has 0 amide bonds. The number of piperidine rings is 1. The van der Waals surface area contributed by atoms with Crippen LogP contribution in [0.1, 0.15) is 29.4 Å². The minimum absolute atomic E-state index is 0.0221. The molecule has 7 heteroatoms. The molecular weight excluding hydrogens is 246 g/mol. The first-order valence-electron chi connectivity index (χ1n) is 6.25. The summed E-state index contributed by atoms with van der Waals surface area (Å²) in [4.78, 5) is 15.2. The molecule has 100 valence electrons. The standard InChI is InChI=1S/C12H15N5O2/c13-11-9-8(3-5-15-11)17(16-10(9)12(18)19)7-2-1-4-14-6-7/h3,5,7,14H,1-2,4,6H2,(H2,13,15)(H,18,19). The summed E-state index contributed by atoms with van der Waals surface area (Å²) in [5.41, 5.74) is 6.51. The first-order valence-corrected chi connectivity index (χ1v) is 6.25. The Balaban J connectivity index is 2.19. The lowest BCUT2D eigenvalue weighted by atomic mass is 10.1. The molecule has 0 bridgehead atoms. The van der Waals surface area contributed by atoms with Gasteiger partial charge in [0.2, 0.25) is 0 Å². The second kappa shape index (κ2) is 4.51. The van der Waals surface area contributed by atoms with Crippen molar-refractivity contribution in [3.63, 3.8) is 0 Å². The van der Waals surface area contributed by atoms with Crippen LogP contribution in [0.5, 0.6) is 0 Å². The molecule has 1 aliphatic rings. The van der Waals surface area contributed by atoms with E-state index in [0.29, 0.717) is 5.39 Å². The number of hydrogen-bond donors (Lipinski definition) is 3. The Hall–Kier alpha value is -2.15. The van der Waals surface area contributed by atoms with Gasteiger partial charge in [-0.25, -0.2) is 9.78 Å². The number of hydrogen-bond acceptors (Lipinski definition) is 5. The van der Waals surface area contributed by atoms with Crippen molar-refractivity contribution in [1.82, 2.24) is 20.1 Å². The number of aromatic carboxylic acids is 1. The number of nitrogens with one attached hydrogen (secondary N) is 1. The Morgan fingerprint density at radius 2 is 2.42 bits per heavy atom. The lowest BCUT2D eigenvalue weighted by molar-refractivity contribution is 0.0691. The normalized spacial score (nSPS) is 19.7. The maximum Gasteiger partial charge on any atom is 0.357 e. The topological polar surface area (TPSA) is 106 Å². The van der Waals surface area contributed by atoms with E-state index >= 15 is 0 Å². The lowest BCUT2D eigenvalue weighted by Crippen LogP contribution is -2.32. The monoisotopic (exact) mass is 261 g/mol. The van der Waals surface area contributed by atoms with Crippen LogP contribution in [0.15, 0.2) is 12.3 Å². The number of fused-ring (bicyclic) bond motifs is 1. The number of carboxylic acid groups (broad SMARTS) is 1. The summed E-state index contributed by atoms with van der Waals surface area (Å²) >= 11 is 0. The van der Waals surface area contributed by atoms with Gasteiger partial charge in [-0.2, -0.15) is 5.10 Å². The molecule has 1 unspecified atom stereocenters. The Bertz CT molecular complexity index is 630. The number of nitrogen functional groups attached to an aromatic ring is 1. The number of nitrogens with two attached hydrogens (primary N) is 1. The number of rotatable bonds is 2. The van der Waals surface area contributed by atoms with Crippen molar-refractivity contribution in [2.75, 3.05) is 18.8 Å². The maximum absolute atomic E-state index is 11.3. The van der Waals surface area contributed by atoms with Crippen LogP contribution in [0.3, 0.4) is 0 Å². The highest BCUT2D eigenvalue weighted by atomic mass is 16.4. The van der Waals surface area contributed by atoms with Crippen LogP contribution >= 0.6 is 0 Å². The van der Waals surface area contributed by atoms with Crippen molar-refractivity contribution in [1.29, 1.82) is 0 Å². The molecule has 2 aromatic rings. The van der Waals surface area contributed by atoms with Gasteiger partial charge >= 0.3 is 5.97 Å². The van der Waals surface area contributed by atoms with Crippen LogP contribution in [0.4, 0.5) is 5.82 Å². The largest absolute Gasteiger partial charge is 0.476 e. The van der Waals surface area contributed by atoms with E-state index in [1.54, 1.807) is 16.9 Å². The molecule has 1 saturated heterocycles. The molecule has 1 atom stereocenters. The van der Waals surface area contributed by atoms with Crippen molar-refractivity contribution < 1.29 is 9.90 Å². The molecule has 0 radical (unpaired) electrons. The summed E-state index contributed by atoms with van der Waals surface area (Å²) in [5, 5.41) is 17.2. The number of anilines is 1. The molecule has 3 rings (SSSR count). The molecule has 1 fully saturated rings. The van der Waals surface area contributed by atoms with Crippen molar-refractivity contribution >= 4 is 22.7 Å². The Labute approximate surface area is 109 Å². The van der Waals surface area contributed by atoms with E-state index < -0.39 is 5.97 Å². The summed E-state index contributed by atoms with van der Waals surface area (Å²) in [5.74, 6) is -0.864. The Morgan fingerprint density at radius 3 is 3.11 bits per heavy atom. The summed E-state index contributed by atoms with van der Waals surface area (Å²) < 4.78 is 1.77. The zero-order valence-corrected chi connectivity index (χ0v) is 10.3. The van der Waals surface area contributed by atoms with Gasteiger partial charge in [0.15, 0.2) is 5.69 Å². The van der Waals surface area contributed by atoms with Gasteiger partial charge in [0.05, 0.1) is 16.9 Å². The van der Waals surface area contributed by atoms with E-state index in [1.165, 1.54) is 0 Å². The first-order chi connectivity index (χ1) is 9.18. The lowest BCUT2D eigenvalue weighted by Gasteiger charge is -2.23. The van der Waals surface area contributed by atoms with E-state index in [4.69, 9.17) is 5.73 Å². The predicted octanol–water partition coefficient (Wildman–Crippen LogP) is 0.636. The first kappa shape index (κ1) is 11.9. The van der Waals surface area contributed by atoms with Gasteiger partial charge < -0.3 is 16.2 Å². The molecular formula is C12H15N5O2. The third-order valence-corrected chi connectivity index (χ3v) is 3.47. The van der Waals surface area contributed by atoms with Gasteiger partial charge in [-0.3, -0.25) is 4.68 Å².